The van der Waals surface area contributed by atoms with Crippen LogP contribution in [-0.4, -0.2) is 41.1 Å². The number of rotatable bonds is 4. The van der Waals surface area contributed by atoms with Crippen molar-refractivity contribution in [2.75, 3.05) is 18.8 Å². The van der Waals surface area contributed by atoms with E-state index in [1.54, 1.807) is 30.5 Å². The van der Waals surface area contributed by atoms with Crippen molar-refractivity contribution < 1.29 is 9.59 Å². The van der Waals surface area contributed by atoms with E-state index in [-0.39, 0.29) is 11.8 Å². The van der Waals surface area contributed by atoms with Gasteiger partial charge in [-0.25, -0.2) is 0 Å². The van der Waals surface area contributed by atoms with Crippen LogP contribution in [0.3, 0.4) is 0 Å². The number of hydrogen-bond donors (Lipinski definition) is 1. The molecule has 1 aromatic carbocycles. The Morgan fingerprint density at radius 2 is 2.05 bits per heavy atom. The molecule has 1 heterocycles. The van der Waals surface area contributed by atoms with Gasteiger partial charge in [0.1, 0.15) is 5.54 Å². The summed E-state index contributed by atoms with van der Waals surface area (Å²) in [5.41, 5.74) is -0.743. The van der Waals surface area contributed by atoms with E-state index < -0.39 is 5.54 Å². The van der Waals surface area contributed by atoms with Crippen molar-refractivity contribution in [1.29, 1.82) is 0 Å². The molecule has 1 N–H and O–H groups in total. The van der Waals surface area contributed by atoms with E-state index in [0.29, 0.717) is 19.5 Å². The maximum absolute atomic E-state index is 12.3. The standard InChI is InChI=1S/C15H20N2O2S/c1-15(2)14(19)16-9-10-17(15)13(18)8-11-20-12-6-4-3-5-7-12/h3-7H,8-11H2,1-2H3,(H,16,19). The predicted octanol–water partition coefficient (Wildman–Crippen LogP) is 1.91. The lowest BCUT2D eigenvalue weighted by molar-refractivity contribution is -0.148. The molecule has 1 aliphatic heterocycles. The van der Waals surface area contributed by atoms with Gasteiger partial charge in [0.15, 0.2) is 0 Å². The number of nitrogens with one attached hydrogen (secondary N) is 1. The number of carbonyl (C=O) groups excluding carboxylic acids is 2. The zero-order valence-corrected chi connectivity index (χ0v) is 12.7. The van der Waals surface area contributed by atoms with Gasteiger partial charge in [-0.05, 0) is 26.0 Å². The van der Waals surface area contributed by atoms with Crippen LogP contribution in [0.2, 0.25) is 0 Å². The molecule has 0 spiro atoms. The minimum Gasteiger partial charge on any atom is -0.352 e. The minimum atomic E-state index is -0.743. The van der Waals surface area contributed by atoms with Crippen molar-refractivity contribution in [3.63, 3.8) is 0 Å². The number of piperazine rings is 1. The number of thioether (sulfide) groups is 1. The third kappa shape index (κ3) is 3.33. The van der Waals surface area contributed by atoms with Crippen LogP contribution in [0, 0.1) is 0 Å². The van der Waals surface area contributed by atoms with E-state index in [0.717, 1.165) is 10.6 Å². The second-order valence-corrected chi connectivity index (χ2v) is 6.44. The lowest BCUT2D eigenvalue weighted by atomic mass is 9.98. The third-order valence-corrected chi connectivity index (χ3v) is 4.49. The molecule has 4 nitrogen and oxygen atoms in total. The summed E-state index contributed by atoms with van der Waals surface area (Å²) < 4.78 is 0. The van der Waals surface area contributed by atoms with Crippen LogP contribution in [-0.2, 0) is 9.59 Å². The van der Waals surface area contributed by atoms with Gasteiger partial charge in [-0.2, -0.15) is 0 Å². The molecule has 0 aromatic heterocycles. The highest BCUT2D eigenvalue weighted by atomic mass is 32.2. The van der Waals surface area contributed by atoms with E-state index in [4.69, 9.17) is 0 Å². The lowest BCUT2D eigenvalue weighted by Gasteiger charge is -2.41. The summed E-state index contributed by atoms with van der Waals surface area (Å²) in [6, 6.07) is 10.0. The summed E-state index contributed by atoms with van der Waals surface area (Å²) in [5, 5.41) is 2.80. The highest BCUT2D eigenvalue weighted by Gasteiger charge is 2.39. The maximum atomic E-state index is 12.3. The van der Waals surface area contributed by atoms with Crippen LogP contribution in [0.15, 0.2) is 35.2 Å². The minimum absolute atomic E-state index is 0.0493. The molecule has 1 aliphatic rings. The molecule has 1 fully saturated rings. The fourth-order valence-corrected chi connectivity index (χ4v) is 3.11. The smallest absolute Gasteiger partial charge is 0.245 e. The van der Waals surface area contributed by atoms with Crippen LogP contribution in [0.5, 0.6) is 0 Å². The summed E-state index contributed by atoms with van der Waals surface area (Å²) in [6.45, 7) is 4.72. The molecule has 0 atom stereocenters. The molecule has 1 saturated heterocycles. The van der Waals surface area contributed by atoms with Gasteiger partial charge in [0.2, 0.25) is 11.8 Å². The number of carbonyl (C=O) groups is 2. The Morgan fingerprint density at radius 1 is 1.35 bits per heavy atom. The molecule has 5 heteroatoms. The van der Waals surface area contributed by atoms with Crippen LogP contribution in [0.4, 0.5) is 0 Å². The monoisotopic (exact) mass is 292 g/mol. The van der Waals surface area contributed by atoms with Crippen molar-refractivity contribution in [3.05, 3.63) is 30.3 Å². The molecule has 2 rings (SSSR count). The van der Waals surface area contributed by atoms with Crippen LogP contribution < -0.4 is 5.32 Å². The van der Waals surface area contributed by atoms with Crippen molar-refractivity contribution in [3.8, 4) is 0 Å². The fraction of sp³-hybridized carbons (Fsp3) is 0.467. The van der Waals surface area contributed by atoms with Gasteiger partial charge in [0.25, 0.3) is 0 Å². The first-order valence-electron chi connectivity index (χ1n) is 6.78. The highest BCUT2D eigenvalue weighted by Crippen LogP contribution is 2.22. The quantitative estimate of drug-likeness (QED) is 0.862. The van der Waals surface area contributed by atoms with Crippen molar-refractivity contribution in [2.45, 2.75) is 30.7 Å². The molecule has 0 radical (unpaired) electrons. The largest absolute Gasteiger partial charge is 0.352 e. The molecule has 0 saturated carbocycles. The molecule has 0 unspecified atom stereocenters. The first-order valence-corrected chi connectivity index (χ1v) is 7.77. The molecule has 0 aliphatic carbocycles. The molecule has 108 valence electrons. The Labute approximate surface area is 123 Å². The average molecular weight is 292 g/mol. The maximum Gasteiger partial charge on any atom is 0.245 e. The third-order valence-electron chi connectivity index (χ3n) is 3.48. The zero-order chi connectivity index (χ0) is 14.6. The number of benzene rings is 1. The summed E-state index contributed by atoms with van der Waals surface area (Å²) in [4.78, 5) is 27.0. The van der Waals surface area contributed by atoms with E-state index in [9.17, 15) is 9.59 Å². The lowest BCUT2D eigenvalue weighted by Crippen LogP contribution is -2.63. The normalized spacial score (nSPS) is 17.7. The molecule has 2 amide bonds. The first-order chi connectivity index (χ1) is 9.51. The molecule has 0 bridgehead atoms. The van der Waals surface area contributed by atoms with Crippen molar-refractivity contribution in [1.82, 2.24) is 10.2 Å². The van der Waals surface area contributed by atoms with Gasteiger partial charge in [0, 0.05) is 30.2 Å². The SMILES string of the molecule is CC1(C)C(=O)NCCN1C(=O)CCSc1ccccc1. The van der Waals surface area contributed by atoms with Gasteiger partial charge in [-0.3, -0.25) is 9.59 Å². The average Bonchev–Trinajstić information content (AvgIpc) is 2.43. The van der Waals surface area contributed by atoms with E-state index >= 15 is 0 Å². The summed E-state index contributed by atoms with van der Waals surface area (Å²) >= 11 is 1.67. The van der Waals surface area contributed by atoms with Crippen molar-refractivity contribution in [2.24, 2.45) is 0 Å². The van der Waals surface area contributed by atoms with Gasteiger partial charge >= 0.3 is 0 Å². The fourth-order valence-electron chi connectivity index (χ4n) is 2.24. The van der Waals surface area contributed by atoms with E-state index in [1.807, 2.05) is 30.3 Å². The molecular weight excluding hydrogens is 272 g/mol. The highest BCUT2D eigenvalue weighted by molar-refractivity contribution is 7.99. The second kappa shape index (κ2) is 6.31. The Kier molecular flexibility index (Phi) is 4.70. The van der Waals surface area contributed by atoms with Crippen LogP contribution in [0.1, 0.15) is 20.3 Å². The number of hydrogen-bond acceptors (Lipinski definition) is 3. The Morgan fingerprint density at radius 3 is 2.75 bits per heavy atom. The van der Waals surface area contributed by atoms with E-state index in [1.165, 1.54) is 0 Å². The Bertz CT molecular complexity index is 488. The number of amides is 2. The van der Waals surface area contributed by atoms with Crippen molar-refractivity contribution >= 4 is 23.6 Å². The van der Waals surface area contributed by atoms with Crippen LogP contribution >= 0.6 is 11.8 Å². The molecule has 1 aromatic rings. The van der Waals surface area contributed by atoms with Gasteiger partial charge in [-0.1, -0.05) is 18.2 Å². The van der Waals surface area contributed by atoms with E-state index in [2.05, 4.69) is 5.32 Å². The summed E-state index contributed by atoms with van der Waals surface area (Å²) in [5.74, 6) is 0.706. The zero-order valence-electron chi connectivity index (χ0n) is 11.9. The van der Waals surface area contributed by atoms with Gasteiger partial charge < -0.3 is 10.2 Å². The van der Waals surface area contributed by atoms with Gasteiger partial charge in [-0.15, -0.1) is 11.8 Å². The predicted molar refractivity (Wildman–Crippen MR) is 80.6 cm³/mol. The summed E-state index contributed by atoms with van der Waals surface area (Å²) in [6.07, 6.45) is 0.455. The first kappa shape index (κ1) is 14.9. The summed E-state index contributed by atoms with van der Waals surface area (Å²) in [7, 11) is 0. The Balaban J connectivity index is 1.87. The van der Waals surface area contributed by atoms with Gasteiger partial charge in [0.05, 0.1) is 0 Å². The molecular formula is C15H20N2O2S. The topological polar surface area (TPSA) is 49.4 Å². The van der Waals surface area contributed by atoms with Crippen LogP contribution in [0.25, 0.3) is 0 Å². The second-order valence-electron chi connectivity index (χ2n) is 5.27. The number of nitrogens with zero attached hydrogens (tertiary/aromatic N) is 1. The Hall–Kier alpha value is -1.49. The molecule has 20 heavy (non-hydrogen) atoms.